The van der Waals surface area contributed by atoms with E-state index in [0.717, 1.165) is 6.26 Å². The molecular weight excluding hydrogens is 294 g/mol. The number of sulfone groups is 1. The maximum Gasteiger partial charge on any atom is 0.311 e. The molecule has 1 aliphatic heterocycles. The highest BCUT2D eigenvalue weighted by Crippen LogP contribution is 2.31. The first kappa shape index (κ1) is 15.5. The summed E-state index contributed by atoms with van der Waals surface area (Å²) in [5.74, 6) is -1.19. The number of hydrogen-bond donors (Lipinski definition) is 1. The maximum atomic E-state index is 12.3. The maximum absolute atomic E-state index is 12.3. The molecule has 1 heterocycles. The van der Waals surface area contributed by atoms with E-state index in [-0.39, 0.29) is 17.3 Å². The summed E-state index contributed by atoms with van der Waals surface area (Å²) in [6.45, 7) is 2.17. The predicted octanol–water partition coefficient (Wildman–Crippen LogP) is 1.03. The molecule has 1 N–H and O–H groups in total. The van der Waals surface area contributed by atoms with Crippen LogP contribution in [0.3, 0.4) is 0 Å². The second-order valence-electron chi connectivity index (χ2n) is 5.64. The molecule has 1 atom stereocenters. The normalized spacial score (nSPS) is 22.3. The van der Waals surface area contributed by atoms with Crippen LogP contribution in [-0.2, 0) is 14.6 Å². The smallest absolute Gasteiger partial charge is 0.311 e. The van der Waals surface area contributed by atoms with Gasteiger partial charge in [-0.15, -0.1) is 0 Å². The first-order valence-electron chi connectivity index (χ1n) is 6.46. The van der Waals surface area contributed by atoms with Gasteiger partial charge in [-0.1, -0.05) is 0 Å². The largest absolute Gasteiger partial charge is 0.481 e. The molecule has 1 fully saturated rings. The summed E-state index contributed by atoms with van der Waals surface area (Å²) in [7, 11) is -3.30. The molecule has 1 unspecified atom stereocenters. The number of carbonyl (C=O) groups excluding carboxylic acids is 1. The van der Waals surface area contributed by atoms with Crippen molar-refractivity contribution in [2.45, 2.75) is 18.2 Å². The van der Waals surface area contributed by atoms with Gasteiger partial charge in [0, 0.05) is 24.9 Å². The lowest BCUT2D eigenvalue weighted by Gasteiger charge is -2.20. The van der Waals surface area contributed by atoms with Gasteiger partial charge in [0.1, 0.15) is 0 Å². The van der Waals surface area contributed by atoms with E-state index in [1.54, 1.807) is 6.92 Å². The topological polar surface area (TPSA) is 91.8 Å². The van der Waals surface area contributed by atoms with Crippen LogP contribution in [0.2, 0.25) is 0 Å². The van der Waals surface area contributed by atoms with E-state index in [1.165, 1.54) is 29.2 Å². The highest BCUT2D eigenvalue weighted by molar-refractivity contribution is 7.90. The number of benzene rings is 1. The molecule has 0 spiro atoms. The van der Waals surface area contributed by atoms with E-state index >= 15 is 0 Å². The number of carbonyl (C=O) groups is 2. The summed E-state index contributed by atoms with van der Waals surface area (Å²) >= 11 is 0. The number of nitrogens with zero attached hydrogens (tertiary/aromatic N) is 1. The van der Waals surface area contributed by atoms with Crippen molar-refractivity contribution in [3.8, 4) is 0 Å². The Morgan fingerprint density at radius 1 is 1.24 bits per heavy atom. The molecule has 21 heavy (non-hydrogen) atoms. The highest BCUT2D eigenvalue weighted by Gasteiger charge is 2.42. The standard InChI is InChI=1S/C14H17NO5S/c1-14(13(17)18)7-8-15(9-14)12(16)10-3-5-11(6-4-10)21(2,19)20/h3-6H,7-9H2,1-2H3,(H,17,18). The summed E-state index contributed by atoms with van der Waals surface area (Å²) < 4.78 is 22.7. The molecule has 0 aromatic heterocycles. The van der Waals surface area contributed by atoms with Gasteiger partial charge < -0.3 is 10.0 Å². The van der Waals surface area contributed by atoms with Crippen LogP contribution < -0.4 is 0 Å². The SMILES string of the molecule is CC1(C(=O)O)CCN(C(=O)c2ccc(S(C)(=O)=O)cc2)C1. The van der Waals surface area contributed by atoms with Gasteiger partial charge >= 0.3 is 5.97 Å². The molecule has 0 bridgehead atoms. The lowest BCUT2D eigenvalue weighted by atomic mass is 9.90. The van der Waals surface area contributed by atoms with Gasteiger partial charge in [-0.3, -0.25) is 9.59 Å². The molecule has 2 rings (SSSR count). The molecule has 1 aliphatic rings. The number of aliphatic carboxylic acids is 1. The van der Waals surface area contributed by atoms with Crippen molar-refractivity contribution >= 4 is 21.7 Å². The van der Waals surface area contributed by atoms with Crippen LogP contribution in [0, 0.1) is 5.41 Å². The Bertz CT molecular complexity index is 680. The van der Waals surface area contributed by atoms with Gasteiger partial charge in [0.05, 0.1) is 10.3 Å². The lowest BCUT2D eigenvalue weighted by Crippen LogP contribution is -2.34. The zero-order valence-corrected chi connectivity index (χ0v) is 12.7. The van der Waals surface area contributed by atoms with Gasteiger partial charge in [0.15, 0.2) is 9.84 Å². The zero-order valence-electron chi connectivity index (χ0n) is 11.9. The van der Waals surface area contributed by atoms with Crippen LogP contribution in [-0.4, -0.2) is 49.6 Å². The van der Waals surface area contributed by atoms with Gasteiger partial charge in [-0.05, 0) is 37.6 Å². The van der Waals surface area contributed by atoms with Gasteiger partial charge in [-0.25, -0.2) is 8.42 Å². The van der Waals surface area contributed by atoms with Gasteiger partial charge in [0.2, 0.25) is 0 Å². The molecule has 0 saturated carbocycles. The van der Waals surface area contributed by atoms with Crippen LogP contribution in [0.25, 0.3) is 0 Å². The third-order valence-corrected chi connectivity index (χ3v) is 4.93. The minimum atomic E-state index is -3.30. The molecular formula is C14H17NO5S. The van der Waals surface area contributed by atoms with Crippen LogP contribution in [0.1, 0.15) is 23.7 Å². The number of hydrogen-bond acceptors (Lipinski definition) is 4. The van der Waals surface area contributed by atoms with Crippen molar-refractivity contribution < 1.29 is 23.1 Å². The summed E-state index contributed by atoms with van der Waals surface area (Å²) in [5, 5.41) is 9.16. The van der Waals surface area contributed by atoms with E-state index in [0.29, 0.717) is 18.5 Å². The Balaban J connectivity index is 2.17. The second kappa shape index (κ2) is 5.14. The molecule has 6 nitrogen and oxygen atoms in total. The zero-order chi connectivity index (χ0) is 15.8. The summed E-state index contributed by atoms with van der Waals surface area (Å²) in [4.78, 5) is 25.1. The van der Waals surface area contributed by atoms with Gasteiger partial charge in [-0.2, -0.15) is 0 Å². The Morgan fingerprint density at radius 2 is 1.81 bits per heavy atom. The molecule has 1 amide bonds. The third-order valence-electron chi connectivity index (χ3n) is 3.81. The monoisotopic (exact) mass is 311 g/mol. The minimum absolute atomic E-state index is 0.149. The van der Waals surface area contributed by atoms with E-state index in [1.807, 2.05) is 0 Å². The summed E-state index contributed by atoms with van der Waals surface area (Å²) in [6.07, 6.45) is 1.51. The Labute approximate surface area is 123 Å². The minimum Gasteiger partial charge on any atom is -0.481 e. The van der Waals surface area contributed by atoms with Crippen LogP contribution in [0.5, 0.6) is 0 Å². The average molecular weight is 311 g/mol. The molecule has 7 heteroatoms. The fraction of sp³-hybridized carbons (Fsp3) is 0.429. The highest BCUT2D eigenvalue weighted by atomic mass is 32.2. The molecule has 0 radical (unpaired) electrons. The molecule has 1 saturated heterocycles. The van der Waals surface area contributed by atoms with E-state index in [4.69, 9.17) is 5.11 Å². The molecule has 1 aromatic carbocycles. The summed E-state index contributed by atoms with van der Waals surface area (Å²) in [5.41, 5.74) is -0.556. The third kappa shape index (κ3) is 3.07. The number of carboxylic acids is 1. The number of rotatable bonds is 3. The average Bonchev–Trinajstić information content (AvgIpc) is 2.81. The van der Waals surface area contributed by atoms with Crippen molar-refractivity contribution in [3.63, 3.8) is 0 Å². The van der Waals surface area contributed by atoms with Gasteiger partial charge in [0.25, 0.3) is 5.91 Å². The van der Waals surface area contributed by atoms with Crippen molar-refractivity contribution in [1.29, 1.82) is 0 Å². The summed E-state index contributed by atoms with van der Waals surface area (Å²) in [6, 6.07) is 5.67. The van der Waals surface area contributed by atoms with Crippen LogP contribution in [0.4, 0.5) is 0 Å². The number of carboxylic acid groups (broad SMARTS) is 1. The van der Waals surface area contributed by atoms with Crippen LogP contribution >= 0.6 is 0 Å². The Hall–Kier alpha value is -1.89. The van der Waals surface area contributed by atoms with Crippen molar-refractivity contribution in [1.82, 2.24) is 4.90 Å². The second-order valence-corrected chi connectivity index (χ2v) is 7.65. The first-order valence-corrected chi connectivity index (χ1v) is 8.35. The lowest BCUT2D eigenvalue weighted by molar-refractivity contribution is -0.147. The van der Waals surface area contributed by atoms with E-state index in [2.05, 4.69) is 0 Å². The van der Waals surface area contributed by atoms with E-state index < -0.39 is 21.2 Å². The van der Waals surface area contributed by atoms with Crippen molar-refractivity contribution in [2.24, 2.45) is 5.41 Å². The van der Waals surface area contributed by atoms with Crippen molar-refractivity contribution in [3.05, 3.63) is 29.8 Å². The Kier molecular flexibility index (Phi) is 3.79. The van der Waals surface area contributed by atoms with E-state index in [9.17, 15) is 18.0 Å². The predicted molar refractivity (Wildman–Crippen MR) is 75.8 cm³/mol. The van der Waals surface area contributed by atoms with Crippen LogP contribution in [0.15, 0.2) is 29.2 Å². The molecule has 114 valence electrons. The Morgan fingerprint density at radius 3 is 2.24 bits per heavy atom. The van der Waals surface area contributed by atoms with Crippen molar-refractivity contribution in [2.75, 3.05) is 19.3 Å². The molecule has 1 aromatic rings. The molecule has 0 aliphatic carbocycles. The fourth-order valence-corrected chi connectivity index (χ4v) is 2.97. The first-order chi connectivity index (χ1) is 9.63. The fourth-order valence-electron chi connectivity index (χ4n) is 2.34. The number of likely N-dealkylation sites (tertiary alicyclic amines) is 1. The number of amides is 1. The quantitative estimate of drug-likeness (QED) is 0.900.